The molecule has 0 spiro atoms. The molecule has 0 bridgehead atoms. The first-order valence-corrected chi connectivity index (χ1v) is 8.75. The van der Waals surface area contributed by atoms with E-state index in [-0.39, 0.29) is 23.5 Å². The van der Waals surface area contributed by atoms with Crippen LogP contribution >= 0.6 is 11.8 Å². The number of amides is 2. The third kappa shape index (κ3) is 3.77. The van der Waals surface area contributed by atoms with Gasteiger partial charge >= 0.3 is 6.09 Å². The zero-order chi connectivity index (χ0) is 16.2. The fraction of sp³-hybridized carbons (Fsp3) is 0.500. The predicted molar refractivity (Wildman–Crippen MR) is 85.7 cm³/mol. The fourth-order valence-electron chi connectivity index (χ4n) is 2.84. The maximum atomic E-state index is 13.9. The Bertz CT molecular complexity index is 598. The second-order valence-electron chi connectivity index (χ2n) is 5.59. The first kappa shape index (κ1) is 16.1. The molecule has 124 valence electrons. The van der Waals surface area contributed by atoms with Crippen LogP contribution in [0.1, 0.15) is 17.2 Å². The summed E-state index contributed by atoms with van der Waals surface area (Å²) >= 11 is 1.68. The van der Waals surface area contributed by atoms with Gasteiger partial charge in [0.1, 0.15) is 19.0 Å². The van der Waals surface area contributed by atoms with Crippen molar-refractivity contribution in [3.8, 4) is 0 Å². The van der Waals surface area contributed by atoms with Crippen LogP contribution in [0.4, 0.5) is 9.18 Å². The van der Waals surface area contributed by atoms with Gasteiger partial charge in [0.05, 0.1) is 6.54 Å². The molecule has 0 aliphatic carbocycles. The Kier molecular flexibility index (Phi) is 5.05. The quantitative estimate of drug-likeness (QED) is 0.848. The third-order valence-corrected chi connectivity index (χ3v) is 5.43. The molecule has 0 saturated carbocycles. The van der Waals surface area contributed by atoms with Gasteiger partial charge in [-0.3, -0.25) is 9.69 Å². The van der Waals surface area contributed by atoms with Gasteiger partial charge in [-0.1, -0.05) is 18.2 Å². The summed E-state index contributed by atoms with van der Waals surface area (Å²) < 4.78 is 18.8. The van der Waals surface area contributed by atoms with Gasteiger partial charge < -0.3 is 9.64 Å². The number of carbonyl (C=O) groups excluding carboxylic acids is 2. The number of benzene rings is 1. The highest BCUT2D eigenvalue weighted by Gasteiger charge is 2.28. The molecule has 7 heteroatoms. The van der Waals surface area contributed by atoms with E-state index in [0.29, 0.717) is 38.2 Å². The van der Waals surface area contributed by atoms with E-state index < -0.39 is 6.09 Å². The van der Waals surface area contributed by atoms with Crippen molar-refractivity contribution in [3.63, 3.8) is 0 Å². The first-order valence-electron chi connectivity index (χ1n) is 7.70. The van der Waals surface area contributed by atoms with E-state index in [1.165, 1.54) is 11.0 Å². The van der Waals surface area contributed by atoms with Crippen LogP contribution in [-0.2, 0) is 9.53 Å². The summed E-state index contributed by atoms with van der Waals surface area (Å²) in [6.07, 6.45) is 0.286. The second kappa shape index (κ2) is 7.21. The van der Waals surface area contributed by atoms with Gasteiger partial charge in [-0.2, -0.15) is 11.8 Å². The molecule has 23 heavy (non-hydrogen) atoms. The maximum Gasteiger partial charge on any atom is 0.410 e. The largest absolute Gasteiger partial charge is 0.448 e. The molecule has 2 amide bonds. The zero-order valence-electron chi connectivity index (χ0n) is 12.7. The van der Waals surface area contributed by atoms with Gasteiger partial charge in [-0.25, -0.2) is 9.18 Å². The van der Waals surface area contributed by atoms with Gasteiger partial charge in [0.15, 0.2) is 0 Å². The third-order valence-electron chi connectivity index (χ3n) is 4.12. The lowest BCUT2D eigenvalue weighted by Gasteiger charge is -2.22. The van der Waals surface area contributed by atoms with Crippen molar-refractivity contribution in [2.45, 2.75) is 11.7 Å². The molecule has 1 aromatic carbocycles. The Morgan fingerprint density at radius 3 is 2.87 bits per heavy atom. The average Bonchev–Trinajstić information content (AvgIpc) is 2.81. The number of thioether (sulfide) groups is 1. The number of carbonyl (C=O) groups is 2. The Morgan fingerprint density at radius 1 is 1.30 bits per heavy atom. The molecule has 2 saturated heterocycles. The summed E-state index contributed by atoms with van der Waals surface area (Å²) in [7, 11) is 0. The van der Waals surface area contributed by atoms with Gasteiger partial charge in [0.2, 0.25) is 5.91 Å². The SMILES string of the molecule is O=C(CN1CCOC1=O)N1CCS[C@@H](c2ccccc2F)CC1. The monoisotopic (exact) mass is 338 g/mol. The van der Waals surface area contributed by atoms with Crippen molar-refractivity contribution in [2.75, 3.05) is 38.5 Å². The Labute approximate surface area is 138 Å². The normalized spacial score (nSPS) is 22.0. The van der Waals surface area contributed by atoms with E-state index in [9.17, 15) is 14.0 Å². The fourth-order valence-corrected chi connectivity index (χ4v) is 4.09. The first-order chi connectivity index (χ1) is 11.1. The molecule has 1 atom stereocenters. The molecular weight excluding hydrogens is 319 g/mol. The van der Waals surface area contributed by atoms with Gasteiger partial charge in [0.25, 0.3) is 0 Å². The van der Waals surface area contributed by atoms with E-state index in [0.717, 1.165) is 5.75 Å². The summed E-state index contributed by atoms with van der Waals surface area (Å²) in [5.74, 6) is 0.498. The van der Waals surface area contributed by atoms with Crippen LogP contribution in [0.5, 0.6) is 0 Å². The van der Waals surface area contributed by atoms with Crippen molar-refractivity contribution in [2.24, 2.45) is 0 Å². The molecule has 2 heterocycles. The molecule has 2 aliphatic heterocycles. The molecular formula is C16H19FN2O3S. The van der Waals surface area contributed by atoms with E-state index in [1.54, 1.807) is 22.7 Å². The smallest absolute Gasteiger partial charge is 0.410 e. The predicted octanol–water partition coefficient (Wildman–Crippen LogP) is 2.28. The molecule has 1 aromatic rings. The Hall–Kier alpha value is -1.76. The molecule has 2 aliphatic rings. The van der Waals surface area contributed by atoms with Crippen LogP contribution in [0.3, 0.4) is 0 Å². The Balaban J connectivity index is 1.59. The van der Waals surface area contributed by atoms with Crippen molar-refractivity contribution >= 4 is 23.8 Å². The van der Waals surface area contributed by atoms with E-state index in [4.69, 9.17) is 4.74 Å². The minimum absolute atomic E-state index is 0.0609. The maximum absolute atomic E-state index is 13.9. The van der Waals surface area contributed by atoms with Crippen molar-refractivity contribution in [3.05, 3.63) is 35.6 Å². The summed E-state index contributed by atoms with van der Waals surface area (Å²) in [4.78, 5) is 27.0. The van der Waals surface area contributed by atoms with Crippen LogP contribution in [-0.4, -0.2) is 60.3 Å². The highest BCUT2D eigenvalue weighted by molar-refractivity contribution is 7.99. The van der Waals surface area contributed by atoms with Crippen LogP contribution < -0.4 is 0 Å². The average molecular weight is 338 g/mol. The molecule has 0 aromatic heterocycles. The Morgan fingerprint density at radius 2 is 2.13 bits per heavy atom. The molecule has 3 rings (SSSR count). The number of halogens is 1. The number of hydrogen-bond acceptors (Lipinski definition) is 4. The minimum Gasteiger partial charge on any atom is -0.448 e. The topological polar surface area (TPSA) is 49.9 Å². The summed E-state index contributed by atoms with van der Waals surface area (Å²) in [5.41, 5.74) is 0.704. The number of nitrogens with zero attached hydrogens (tertiary/aromatic N) is 2. The molecule has 0 radical (unpaired) electrons. The van der Waals surface area contributed by atoms with Crippen LogP contribution in [0.15, 0.2) is 24.3 Å². The summed E-state index contributed by atoms with van der Waals surface area (Å²) in [6.45, 7) is 2.07. The van der Waals surface area contributed by atoms with Gasteiger partial charge in [0, 0.05) is 29.7 Å². The van der Waals surface area contributed by atoms with Crippen LogP contribution in [0, 0.1) is 5.82 Å². The minimum atomic E-state index is -0.424. The number of ether oxygens (including phenoxy) is 1. The van der Waals surface area contributed by atoms with Crippen molar-refractivity contribution in [1.29, 1.82) is 0 Å². The molecule has 2 fully saturated rings. The van der Waals surface area contributed by atoms with E-state index in [2.05, 4.69) is 0 Å². The van der Waals surface area contributed by atoms with Crippen LogP contribution in [0.2, 0.25) is 0 Å². The lowest BCUT2D eigenvalue weighted by molar-refractivity contribution is -0.131. The van der Waals surface area contributed by atoms with Crippen molar-refractivity contribution in [1.82, 2.24) is 9.80 Å². The molecule has 0 N–H and O–H groups in total. The standard InChI is InChI=1S/C16H19FN2O3S/c17-13-4-2-1-3-12(13)14-5-6-18(8-10-23-14)15(20)11-19-7-9-22-16(19)21/h1-4,14H,5-11H2/t14-/m1/s1. The van der Waals surface area contributed by atoms with Crippen LogP contribution in [0.25, 0.3) is 0 Å². The van der Waals surface area contributed by atoms with Gasteiger partial charge in [-0.05, 0) is 12.5 Å². The lowest BCUT2D eigenvalue weighted by Crippen LogP contribution is -2.41. The number of cyclic esters (lactones) is 1. The second-order valence-corrected chi connectivity index (χ2v) is 6.90. The van der Waals surface area contributed by atoms with Gasteiger partial charge in [-0.15, -0.1) is 0 Å². The summed E-state index contributed by atoms with van der Waals surface area (Å²) in [5, 5.41) is 0.0609. The molecule has 5 nitrogen and oxygen atoms in total. The zero-order valence-corrected chi connectivity index (χ0v) is 13.6. The molecule has 0 unspecified atom stereocenters. The highest BCUT2D eigenvalue weighted by Crippen LogP contribution is 2.35. The summed E-state index contributed by atoms with van der Waals surface area (Å²) in [6, 6.07) is 6.81. The van der Waals surface area contributed by atoms with E-state index in [1.807, 2.05) is 12.1 Å². The van der Waals surface area contributed by atoms with Crippen molar-refractivity contribution < 1.29 is 18.7 Å². The highest BCUT2D eigenvalue weighted by atomic mass is 32.2. The van der Waals surface area contributed by atoms with E-state index >= 15 is 0 Å². The number of hydrogen-bond donors (Lipinski definition) is 0. The lowest BCUT2D eigenvalue weighted by atomic mass is 10.1. The number of rotatable bonds is 3.